The normalized spacial score (nSPS) is 32.0. The maximum atomic E-state index is 12.6. The molecule has 5 rings (SSSR count). The average molecular weight is 410 g/mol. The van der Waals surface area contributed by atoms with E-state index in [1.807, 2.05) is 0 Å². The summed E-state index contributed by atoms with van der Waals surface area (Å²) in [4.78, 5) is 16.9. The Balaban J connectivity index is 1.33. The molecule has 27 heavy (non-hydrogen) atoms. The van der Waals surface area contributed by atoms with Gasteiger partial charge in [0.25, 0.3) is 0 Å². The molecule has 1 aromatic heterocycles. The van der Waals surface area contributed by atoms with Crippen molar-refractivity contribution in [2.24, 2.45) is 17.8 Å². The highest BCUT2D eigenvalue weighted by Gasteiger charge is 2.51. The van der Waals surface area contributed by atoms with Gasteiger partial charge in [-0.2, -0.15) is 0 Å². The van der Waals surface area contributed by atoms with E-state index in [1.54, 1.807) is 12.1 Å². The highest BCUT2D eigenvalue weighted by Crippen LogP contribution is 2.55. The van der Waals surface area contributed by atoms with Crippen molar-refractivity contribution in [3.63, 3.8) is 0 Å². The first-order valence-electron chi connectivity index (χ1n) is 9.58. The Kier molecular flexibility index (Phi) is 5.01. The molecule has 4 bridgehead atoms. The topological polar surface area (TPSA) is 79.4 Å². The number of hydrogen-bond acceptors (Lipinski definition) is 5. The summed E-state index contributed by atoms with van der Waals surface area (Å²) in [6, 6.07) is 3.21. The summed E-state index contributed by atoms with van der Waals surface area (Å²) in [7, 11) is -0.488. The lowest BCUT2D eigenvalue weighted by Crippen LogP contribution is -2.60. The first-order valence-corrected chi connectivity index (χ1v) is 12.0. The Bertz CT molecular complexity index is 786. The largest absolute Gasteiger partial charge is 0.350 e. The minimum absolute atomic E-state index is 0.0312. The van der Waals surface area contributed by atoms with E-state index in [9.17, 15) is 13.2 Å². The number of nitrogens with one attached hydrogen (secondary N) is 1. The summed E-state index contributed by atoms with van der Waals surface area (Å²) < 4.78 is 25.3. The molecular weight excluding hydrogens is 382 g/mol. The zero-order valence-electron chi connectivity index (χ0n) is 15.8. The van der Waals surface area contributed by atoms with E-state index in [2.05, 4.69) is 10.3 Å². The summed E-state index contributed by atoms with van der Waals surface area (Å²) in [5.74, 6) is 2.79. The molecule has 0 spiro atoms. The molecule has 0 radical (unpaired) electrons. The van der Waals surface area contributed by atoms with Crippen LogP contribution in [0.25, 0.3) is 0 Å². The van der Waals surface area contributed by atoms with E-state index >= 15 is 0 Å². The van der Waals surface area contributed by atoms with Crippen molar-refractivity contribution in [1.82, 2.24) is 14.6 Å². The number of rotatable bonds is 6. The predicted octanol–water partition coefficient (Wildman–Crippen LogP) is 2.51. The number of thioether (sulfide) groups is 1. The van der Waals surface area contributed by atoms with Crippen LogP contribution in [-0.4, -0.2) is 49.0 Å². The first kappa shape index (κ1) is 19.2. The second-order valence-electron chi connectivity index (χ2n) is 8.65. The van der Waals surface area contributed by atoms with Gasteiger partial charge in [-0.25, -0.2) is 17.7 Å². The van der Waals surface area contributed by atoms with Crippen LogP contribution in [0.4, 0.5) is 0 Å². The molecule has 1 aromatic rings. The number of nitrogens with zero attached hydrogens (tertiary/aromatic N) is 2. The molecule has 4 aliphatic rings. The number of carbonyl (C=O) groups excluding carboxylic acids is 1. The summed E-state index contributed by atoms with van der Waals surface area (Å²) in [6.45, 7) is 0. The lowest BCUT2D eigenvalue weighted by Gasteiger charge is -2.56. The van der Waals surface area contributed by atoms with E-state index in [4.69, 9.17) is 0 Å². The van der Waals surface area contributed by atoms with Crippen molar-refractivity contribution < 1.29 is 13.2 Å². The molecule has 4 saturated carbocycles. The molecule has 8 heteroatoms. The molecule has 0 saturated heterocycles. The minimum Gasteiger partial charge on any atom is -0.350 e. The standard InChI is InChI=1S/C19H27N3O3S2/c1-22(2)27(24,25)16-3-4-18(20-11-16)26-12-17(23)21-19-8-13-5-14(9-19)7-15(6-13)10-19/h3-4,11,13-15H,5-10,12H2,1-2H3,(H,21,23). The van der Waals surface area contributed by atoms with Gasteiger partial charge in [0, 0.05) is 25.8 Å². The van der Waals surface area contributed by atoms with Crippen LogP contribution >= 0.6 is 11.8 Å². The Hall–Kier alpha value is -1.12. The molecule has 0 unspecified atom stereocenters. The Labute approximate surface area is 165 Å². The van der Waals surface area contributed by atoms with Gasteiger partial charge in [0.2, 0.25) is 15.9 Å². The van der Waals surface area contributed by atoms with Crippen LogP contribution in [0.5, 0.6) is 0 Å². The molecule has 4 aliphatic carbocycles. The highest BCUT2D eigenvalue weighted by molar-refractivity contribution is 7.99. The van der Waals surface area contributed by atoms with Crippen molar-refractivity contribution >= 4 is 27.7 Å². The van der Waals surface area contributed by atoms with Crippen molar-refractivity contribution in [2.45, 2.75) is 54.0 Å². The van der Waals surface area contributed by atoms with Gasteiger partial charge >= 0.3 is 0 Å². The Morgan fingerprint density at radius 3 is 2.26 bits per heavy atom. The van der Waals surface area contributed by atoms with Gasteiger partial charge in [-0.1, -0.05) is 11.8 Å². The number of amides is 1. The predicted molar refractivity (Wildman–Crippen MR) is 105 cm³/mol. The fourth-order valence-corrected chi connectivity index (χ4v) is 7.04. The maximum absolute atomic E-state index is 12.6. The van der Waals surface area contributed by atoms with Crippen LogP contribution in [0, 0.1) is 17.8 Å². The van der Waals surface area contributed by atoms with E-state index in [0.717, 1.165) is 41.3 Å². The number of sulfonamides is 1. The molecule has 0 aromatic carbocycles. The van der Waals surface area contributed by atoms with Gasteiger partial charge in [-0.15, -0.1) is 0 Å². The molecule has 148 valence electrons. The van der Waals surface area contributed by atoms with Crippen LogP contribution in [0.2, 0.25) is 0 Å². The van der Waals surface area contributed by atoms with E-state index < -0.39 is 10.0 Å². The third kappa shape index (κ3) is 3.89. The Morgan fingerprint density at radius 1 is 1.19 bits per heavy atom. The van der Waals surface area contributed by atoms with Crippen LogP contribution in [0.1, 0.15) is 38.5 Å². The summed E-state index contributed by atoms with van der Waals surface area (Å²) >= 11 is 1.35. The van der Waals surface area contributed by atoms with Crippen LogP contribution < -0.4 is 5.32 Å². The van der Waals surface area contributed by atoms with E-state index in [0.29, 0.717) is 10.8 Å². The molecule has 1 N–H and O–H groups in total. The molecule has 4 fully saturated rings. The first-order chi connectivity index (χ1) is 12.8. The van der Waals surface area contributed by atoms with Crippen LogP contribution in [0.15, 0.2) is 28.3 Å². The van der Waals surface area contributed by atoms with Crippen molar-refractivity contribution in [3.05, 3.63) is 18.3 Å². The molecule has 1 heterocycles. The number of carbonyl (C=O) groups is 1. The third-order valence-electron chi connectivity index (χ3n) is 6.28. The zero-order valence-corrected chi connectivity index (χ0v) is 17.5. The third-order valence-corrected chi connectivity index (χ3v) is 9.02. The van der Waals surface area contributed by atoms with Gasteiger partial charge in [-0.3, -0.25) is 4.79 Å². The van der Waals surface area contributed by atoms with Crippen molar-refractivity contribution in [2.75, 3.05) is 19.8 Å². The highest BCUT2D eigenvalue weighted by atomic mass is 32.2. The van der Waals surface area contributed by atoms with Gasteiger partial charge in [-0.05, 0) is 68.4 Å². The quantitative estimate of drug-likeness (QED) is 0.731. The van der Waals surface area contributed by atoms with Crippen molar-refractivity contribution in [1.29, 1.82) is 0 Å². The van der Waals surface area contributed by atoms with Crippen molar-refractivity contribution in [3.8, 4) is 0 Å². The molecule has 0 atom stereocenters. The number of aromatic nitrogens is 1. The van der Waals surface area contributed by atoms with Crippen LogP contribution in [-0.2, 0) is 14.8 Å². The second-order valence-corrected chi connectivity index (χ2v) is 11.8. The van der Waals surface area contributed by atoms with Gasteiger partial charge in [0.05, 0.1) is 10.8 Å². The van der Waals surface area contributed by atoms with Gasteiger partial charge < -0.3 is 5.32 Å². The summed E-state index contributed by atoms with van der Waals surface area (Å²) in [5.41, 5.74) is 0.0312. The number of hydrogen-bond donors (Lipinski definition) is 1. The molecule has 0 aliphatic heterocycles. The minimum atomic E-state index is -3.47. The van der Waals surface area contributed by atoms with E-state index in [1.165, 1.54) is 51.3 Å². The smallest absolute Gasteiger partial charge is 0.244 e. The summed E-state index contributed by atoms with van der Waals surface area (Å²) in [6.07, 6.45) is 8.86. The van der Waals surface area contributed by atoms with E-state index in [-0.39, 0.29) is 16.3 Å². The Morgan fingerprint density at radius 2 is 1.78 bits per heavy atom. The fraction of sp³-hybridized carbons (Fsp3) is 0.684. The fourth-order valence-electron chi connectivity index (χ4n) is 5.55. The maximum Gasteiger partial charge on any atom is 0.244 e. The molecular formula is C19H27N3O3S2. The number of pyridine rings is 1. The second kappa shape index (κ2) is 7.04. The van der Waals surface area contributed by atoms with Gasteiger partial charge in [0.1, 0.15) is 4.90 Å². The summed E-state index contributed by atoms with van der Waals surface area (Å²) in [5, 5.41) is 4.02. The SMILES string of the molecule is CN(C)S(=O)(=O)c1ccc(SCC(=O)NC23CC4CC(CC(C4)C2)C3)nc1. The monoisotopic (exact) mass is 409 g/mol. The average Bonchev–Trinajstić information content (AvgIpc) is 2.58. The molecule has 1 amide bonds. The molecule has 6 nitrogen and oxygen atoms in total. The lowest BCUT2D eigenvalue weighted by molar-refractivity contribution is -0.124. The zero-order chi connectivity index (χ0) is 19.2. The van der Waals surface area contributed by atoms with Crippen LogP contribution in [0.3, 0.4) is 0 Å². The lowest BCUT2D eigenvalue weighted by atomic mass is 9.53. The van der Waals surface area contributed by atoms with Gasteiger partial charge in [0.15, 0.2) is 0 Å².